The molecule has 1 aromatic rings. The Balaban J connectivity index is 0.000000561. The van der Waals surface area contributed by atoms with Crippen molar-refractivity contribution in [3.8, 4) is 0 Å². The maximum Gasteiger partial charge on any atom is 0.375 e. The molecule has 0 amide bonds. The fraction of sp³-hybridized carbons (Fsp3) is 0.500. The van der Waals surface area contributed by atoms with Crippen LogP contribution in [0.2, 0.25) is 0 Å². The molecule has 0 saturated heterocycles. The van der Waals surface area contributed by atoms with E-state index in [1.54, 1.807) is 6.92 Å². The lowest BCUT2D eigenvalue weighted by molar-refractivity contribution is 0.0564. The average Bonchev–Trinajstić information content (AvgIpc) is 2.54. The Kier molecular flexibility index (Phi) is 4.76. The molecule has 0 saturated carbocycles. The number of methoxy groups -OCH3 is 1. The summed E-state index contributed by atoms with van der Waals surface area (Å²) < 4.78 is 9.13. The van der Waals surface area contributed by atoms with Gasteiger partial charge in [-0.25, -0.2) is 9.78 Å². The standard InChI is InChI=1S/C6H7NO3.C2H6/c1-4-5(6(8)9-2)10-3-7-4;1-2/h3H,1-2H3;1-2H3. The number of aromatic nitrogens is 1. The Morgan fingerprint density at radius 1 is 1.58 bits per heavy atom. The first kappa shape index (κ1) is 10.7. The molecule has 0 radical (unpaired) electrons. The van der Waals surface area contributed by atoms with Gasteiger partial charge in [-0.05, 0) is 6.92 Å². The Morgan fingerprint density at radius 2 is 2.17 bits per heavy atom. The van der Waals surface area contributed by atoms with E-state index in [1.807, 2.05) is 13.8 Å². The van der Waals surface area contributed by atoms with Gasteiger partial charge in [-0.3, -0.25) is 0 Å². The monoisotopic (exact) mass is 171 g/mol. The summed E-state index contributed by atoms with van der Waals surface area (Å²) in [6.45, 7) is 5.68. The molecule has 0 spiro atoms. The number of oxazole rings is 1. The Morgan fingerprint density at radius 3 is 2.50 bits per heavy atom. The van der Waals surface area contributed by atoms with Crippen LogP contribution in [0.3, 0.4) is 0 Å². The SMILES string of the molecule is CC.COC(=O)c1ocnc1C. The van der Waals surface area contributed by atoms with Crippen molar-refractivity contribution in [1.82, 2.24) is 4.98 Å². The summed E-state index contributed by atoms with van der Waals surface area (Å²) in [5.41, 5.74) is 0.548. The fourth-order valence-electron chi connectivity index (χ4n) is 0.591. The van der Waals surface area contributed by atoms with Crippen molar-refractivity contribution in [3.05, 3.63) is 17.8 Å². The number of hydrogen-bond acceptors (Lipinski definition) is 4. The van der Waals surface area contributed by atoms with E-state index in [-0.39, 0.29) is 5.76 Å². The molecule has 0 atom stereocenters. The summed E-state index contributed by atoms with van der Waals surface area (Å²) in [4.78, 5) is 14.5. The molecule has 0 aliphatic heterocycles. The molecule has 68 valence electrons. The average molecular weight is 171 g/mol. The zero-order valence-corrected chi connectivity index (χ0v) is 7.75. The molecule has 1 aromatic heterocycles. The lowest BCUT2D eigenvalue weighted by atomic mass is 10.4. The molecule has 0 aliphatic carbocycles. The molecule has 0 fully saturated rings. The number of esters is 1. The highest BCUT2D eigenvalue weighted by molar-refractivity contribution is 5.87. The highest BCUT2D eigenvalue weighted by Gasteiger charge is 2.12. The second-order valence-electron chi connectivity index (χ2n) is 1.76. The minimum atomic E-state index is -0.491. The van der Waals surface area contributed by atoms with Gasteiger partial charge in [0.05, 0.1) is 12.8 Å². The predicted octanol–water partition coefficient (Wildman–Crippen LogP) is 1.80. The van der Waals surface area contributed by atoms with Gasteiger partial charge in [-0.2, -0.15) is 0 Å². The van der Waals surface area contributed by atoms with E-state index >= 15 is 0 Å². The van der Waals surface area contributed by atoms with E-state index in [0.29, 0.717) is 5.69 Å². The van der Waals surface area contributed by atoms with Crippen LogP contribution >= 0.6 is 0 Å². The van der Waals surface area contributed by atoms with Crippen molar-refractivity contribution in [3.63, 3.8) is 0 Å². The van der Waals surface area contributed by atoms with E-state index < -0.39 is 5.97 Å². The minimum absolute atomic E-state index is 0.169. The summed E-state index contributed by atoms with van der Waals surface area (Å²) in [5.74, 6) is -0.322. The van der Waals surface area contributed by atoms with Crippen LogP contribution in [0.4, 0.5) is 0 Å². The summed E-state index contributed by atoms with van der Waals surface area (Å²) in [7, 11) is 1.30. The first-order valence-corrected chi connectivity index (χ1v) is 3.74. The van der Waals surface area contributed by atoms with Crippen LogP contribution in [0, 0.1) is 6.92 Å². The number of aryl methyl sites for hydroxylation is 1. The molecular weight excluding hydrogens is 158 g/mol. The van der Waals surface area contributed by atoms with Gasteiger partial charge in [0.25, 0.3) is 0 Å². The number of rotatable bonds is 1. The molecule has 0 aromatic carbocycles. The molecule has 4 nitrogen and oxygen atoms in total. The molecule has 0 unspecified atom stereocenters. The van der Waals surface area contributed by atoms with Gasteiger partial charge in [0.15, 0.2) is 6.39 Å². The van der Waals surface area contributed by atoms with Gasteiger partial charge >= 0.3 is 5.97 Å². The van der Waals surface area contributed by atoms with Crippen LogP contribution in [0.1, 0.15) is 30.1 Å². The molecule has 1 rings (SSSR count). The molecule has 0 aliphatic rings. The Labute approximate surface area is 71.6 Å². The maximum absolute atomic E-state index is 10.7. The molecule has 4 heteroatoms. The minimum Gasteiger partial charge on any atom is -0.463 e. The molecule has 12 heavy (non-hydrogen) atoms. The molecular formula is C8H13NO3. The van der Waals surface area contributed by atoms with E-state index in [0.717, 1.165) is 0 Å². The van der Waals surface area contributed by atoms with Gasteiger partial charge in [-0.15, -0.1) is 0 Å². The zero-order chi connectivity index (χ0) is 9.56. The fourth-order valence-corrected chi connectivity index (χ4v) is 0.591. The van der Waals surface area contributed by atoms with Crippen LogP contribution in [-0.2, 0) is 4.74 Å². The van der Waals surface area contributed by atoms with E-state index in [9.17, 15) is 4.79 Å². The van der Waals surface area contributed by atoms with Gasteiger partial charge in [0, 0.05) is 0 Å². The van der Waals surface area contributed by atoms with Crippen molar-refractivity contribution in [2.24, 2.45) is 0 Å². The topological polar surface area (TPSA) is 52.3 Å². The summed E-state index contributed by atoms with van der Waals surface area (Å²) >= 11 is 0. The van der Waals surface area contributed by atoms with Crippen molar-refractivity contribution in [1.29, 1.82) is 0 Å². The second-order valence-corrected chi connectivity index (χ2v) is 1.76. The van der Waals surface area contributed by atoms with Crippen LogP contribution in [0.5, 0.6) is 0 Å². The largest absolute Gasteiger partial charge is 0.463 e. The molecule has 0 bridgehead atoms. The summed E-state index contributed by atoms with van der Waals surface area (Å²) in [5, 5.41) is 0. The lowest BCUT2D eigenvalue weighted by Crippen LogP contribution is -2.00. The molecule has 1 heterocycles. The normalized spacial score (nSPS) is 8.33. The Bertz CT molecular complexity index is 242. The van der Waals surface area contributed by atoms with Crippen LogP contribution in [-0.4, -0.2) is 18.1 Å². The second kappa shape index (κ2) is 5.35. The number of ether oxygens (including phenoxy) is 1. The Hall–Kier alpha value is -1.32. The third-order valence-electron chi connectivity index (χ3n) is 1.12. The summed E-state index contributed by atoms with van der Waals surface area (Å²) in [6.07, 6.45) is 1.21. The smallest absolute Gasteiger partial charge is 0.375 e. The number of carbonyl (C=O) groups is 1. The third kappa shape index (κ3) is 2.38. The first-order chi connectivity index (χ1) is 5.75. The highest BCUT2D eigenvalue weighted by atomic mass is 16.5. The van der Waals surface area contributed by atoms with Crippen molar-refractivity contribution in [2.45, 2.75) is 20.8 Å². The number of nitrogens with zero attached hydrogens (tertiary/aromatic N) is 1. The van der Waals surface area contributed by atoms with Crippen molar-refractivity contribution in [2.75, 3.05) is 7.11 Å². The predicted molar refractivity (Wildman–Crippen MR) is 43.9 cm³/mol. The number of hydrogen-bond donors (Lipinski definition) is 0. The van der Waals surface area contributed by atoms with E-state index in [2.05, 4.69) is 9.72 Å². The van der Waals surface area contributed by atoms with Crippen molar-refractivity contribution < 1.29 is 13.9 Å². The van der Waals surface area contributed by atoms with E-state index in [4.69, 9.17) is 4.42 Å². The van der Waals surface area contributed by atoms with E-state index in [1.165, 1.54) is 13.5 Å². The van der Waals surface area contributed by atoms with Gasteiger partial charge in [-0.1, -0.05) is 13.8 Å². The molecule has 0 N–H and O–H groups in total. The zero-order valence-electron chi connectivity index (χ0n) is 7.75. The number of carbonyl (C=O) groups excluding carboxylic acids is 1. The third-order valence-corrected chi connectivity index (χ3v) is 1.12. The maximum atomic E-state index is 10.7. The van der Waals surface area contributed by atoms with Gasteiger partial charge < -0.3 is 9.15 Å². The highest BCUT2D eigenvalue weighted by Crippen LogP contribution is 2.05. The van der Waals surface area contributed by atoms with Gasteiger partial charge in [0.1, 0.15) is 0 Å². The van der Waals surface area contributed by atoms with Crippen LogP contribution < -0.4 is 0 Å². The van der Waals surface area contributed by atoms with Crippen LogP contribution in [0.15, 0.2) is 10.8 Å². The summed E-state index contributed by atoms with van der Waals surface area (Å²) in [6, 6.07) is 0. The van der Waals surface area contributed by atoms with Crippen molar-refractivity contribution >= 4 is 5.97 Å². The van der Waals surface area contributed by atoms with Gasteiger partial charge in [0.2, 0.25) is 5.76 Å². The lowest BCUT2D eigenvalue weighted by Gasteiger charge is -1.91. The quantitative estimate of drug-likeness (QED) is 0.604. The van der Waals surface area contributed by atoms with Crippen LogP contribution in [0.25, 0.3) is 0 Å². The first-order valence-electron chi connectivity index (χ1n) is 3.74.